The molecular weight excluding hydrogens is 316 g/mol. The Kier molecular flexibility index (Phi) is 4.33. The Morgan fingerprint density at radius 1 is 1.48 bits per heavy atom. The van der Waals surface area contributed by atoms with Crippen LogP contribution in [0.15, 0.2) is 41.7 Å². The number of thioether (sulfide) groups is 1. The van der Waals surface area contributed by atoms with Crippen molar-refractivity contribution >= 4 is 29.2 Å². The molecular formula is C15H16N4O3S. The molecule has 0 saturated carbocycles. The average molecular weight is 332 g/mol. The predicted octanol–water partition coefficient (Wildman–Crippen LogP) is 2.71. The summed E-state index contributed by atoms with van der Waals surface area (Å²) < 4.78 is 1.45. The number of benzene rings is 1. The van der Waals surface area contributed by atoms with E-state index in [0.29, 0.717) is 11.8 Å². The number of nitro groups is 1. The molecule has 120 valence electrons. The van der Waals surface area contributed by atoms with Gasteiger partial charge in [0.15, 0.2) is 0 Å². The van der Waals surface area contributed by atoms with Gasteiger partial charge in [-0.25, -0.2) is 0 Å². The van der Waals surface area contributed by atoms with E-state index >= 15 is 0 Å². The molecule has 0 saturated heterocycles. The summed E-state index contributed by atoms with van der Waals surface area (Å²) in [5.74, 6) is -0.349. The van der Waals surface area contributed by atoms with Crippen molar-refractivity contribution in [3.05, 3.63) is 46.9 Å². The zero-order chi connectivity index (χ0) is 16.4. The number of anilines is 1. The van der Waals surface area contributed by atoms with Crippen LogP contribution in [0.5, 0.6) is 0 Å². The van der Waals surface area contributed by atoms with Crippen molar-refractivity contribution in [3.63, 3.8) is 0 Å². The van der Waals surface area contributed by atoms with Gasteiger partial charge in [0.05, 0.1) is 5.69 Å². The summed E-state index contributed by atoms with van der Waals surface area (Å²) in [4.78, 5) is 29.3. The molecule has 23 heavy (non-hydrogen) atoms. The van der Waals surface area contributed by atoms with Gasteiger partial charge in [-0.1, -0.05) is 19.1 Å². The molecule has 1 aliphatic rings. The van der Waals surface area contributed by atoms with Crippen molar-refractivity contribution in [1.82, 2.24) is 9.55 Å². The molecule has 0 N–H and O–H groups in total. The number of hydrogen-bond acceptors (Lipinski definition) is 5. The van der Waals surface area contributed by atoms with Gasteiger partial charge >= 0.3 is 5.82 Å². The third-order valence-corrected chi connectivity index (χ3v) is 4.91. The van der Waals surface area contributed by atoms with Crippen LogP contribution >= 0.6 is 11.8 Å². The van der Waals surface area contributed by atoms with Crippen molar-refractivity contribution in [2.75, 3.05) is 11.4 Å². The number of imidazole rings is 1. The highest BCUT2D eigenvalue weighted by Crippen LogP contribution is 2.37. The normalized spacial score (nSPS) is 17.4. The summed E-state index contributed by atoms with van der Waals surface area (Å²) in [5, 5.41) is 11.1. The maximum atomic E-state index is 12.7. The van der Waals surface area contributed by atoms with Crippen LogP contribution in [0.25, 0.3) is 0 Å². The molecule has 0 aliphatic carbocycles. The van der Waals surface area contributed by atoms with E-state index in [0.717, 1.165) is 17.0 Å². The molecule has 1 aromatic carbocycles. The molecule has 0 fully saturated rings. The Labute approximate surface area is 137 Å². The van der Waals surface area contributed by atoms with Gasteiger partial charge in [0.1, 0.15) is 12.7 Å². The minimum Gasteiger partial charge on any atom is -0.358 e. The number of amides is 1. The second-order valence-electron chi connectivity index (χ2n) is 5.39. The lowest BCUT2D eigenvalue weighted by Gasteiger charge is -2.22. The van der Waals surface area contributed by atoms with E-state index in [2.05, 4.69) is 11.9 Å². The van der Waals surface area contributed by atoms with E-state index in [-0.39, 0.29) is 18.3 Å². The monoisotopic (exact) mass is 332 g/mol. The van der Waals surface area contributed by atoms with Crippen molar-refractivity contribution in [3.8, 4) is 0 Å². The Hall–Kier alpha value is -2.35. The molecule has 0 bridgehead atoms. The molecule has 7 nitrogen and oxygen atoms in total. The topological polar surface area (TPSA) is 81.3 Å². The minimum absolute atomic E-state index is 0.0359. The van der Waals surface area contributed by atoms with Crippen LogP contribution in [0.1, 0.15) is 13.3 Å². The van der Waals surface area contributed by atoms with E-state index in [1.165, 1.54) is 17.1 Å². The lowest BCUT2D eigenvalue weighted by molar-refractivity contribution is -0.389. The van der Waals surface area contributed by atoms with Crippen LogP contribution in [0, 0.1) is 10.1 Å². The van der Waals surface area contributed by atoms with Gasteiger partial charge in [-0.2, -0.15) is 0 Å². The first-order valence-electron chi connectivity index (χ1n) is 7.27. The lowest BCUT2D eigenvalue weighted by Crippen LogP contribution is -2.34. The van der Waals surface area contributed by atoms with Gasteiger partial charge in [-0.05, 0) is 28.5 Å². The van der Waals surface area contributed by atoms with Gasteiger partial charge in [-0.15, -0.1) is 11.8 Å². The Morgan fingerprint density at radius 2 is 2.26 bits per heavy atom. The molecule has 2 aromatic rings. The van der Waals surface area contributed by atoms with Gasteiger partial charge in [-0.3, -0.25) is 4.79 Å². The molecule has 1 unspecified atom stereocenters. The van der Waals surface area contributed by atoms with E-state index in [1.807, 2.05) is 24.3 Å². The second-order valence-corrected chi connectivity index (χ2v) is 6.87. The standard InChI is InChI=1S/C15H16N4O3S/c1-11-6-7-18(12-4-2-3-5-13(12)23-11)15(20)9-17-8-14(16-10-17)19(21)22/h2-5,8,10-11H,6-7,9H2,1H3. The van der Waals surface area contributed by atoms with Crippen LogP contribution in [0.2, 0.25) is 0 Å². The van der Waals surface area contributed by atoms with E-state index in [4.69, 9.17) is 0 Å². The summed E-state index contributed by atoms with van der Waals surface area (Å²) in [6, 6.07) is 7.84. The highest BCUT2D eigenvalue weighted by molar-refractivity contribution is 8.00. The summed E-state index contributed by atoms with van der Waals surface area (Å²) in [6.07, 6.45) is 3.49. The fourth-order valence-electron chi connectivity index (χ4n) is 2.52. The third kappa shape index (κ3) is 3.37. The van der Waals surface area contributed by atoms with Crippen molar-refractivity contribution in [1.29, 1.82) is 0 Å². The maximum Gasteiger partial charge on any atom is 0.381 e. The summed E-state index contributed by atoms with van der Waals surface area (Å²) >= 11 is 1.77. The second kappa shape index (κ2) is 6.41. The first kappa shape index (κ1) is 15.5. The molecule has 0 spiro atoms. The number of aromatic nitrogens is 2. The largest absolute Gasteiger partial charge is 0.381 e. The number of nitrogens with zero attached hydrogens (tertiary/aromatic N) is 4. The van der Waals surface area contributed by atoms with Crippen LogP contribution in [0.3, 0.4) is 0 Å². The minimum atomic E-state index is -0.569. The maximum absolute atomic E-state index is 12.7. The van der Waals surface area contributed by atoms with Crippen LogP contribution in [-0.2, 0) is 11.3 Å². The van der Waals surface area contributed by atoms with Crippen LogP contribution in [-0.4, -0.2) is 32.2 Å². The van der Waals surface area contributed by atoms with Crippen LogP contribution in [0.4, 0.5) is 11.5 Å². The molecule has 1 aliphatic heterocycles. The molecule has 1 atom stereocenters. The first-order chi connectivity index (χ1) is 11.0. The quantitative estimate of drug-likeness (QED) is 0.637. The Bertz CT molecular complexity index is 746. The first-order valence-corrected chi connectivity index (χ1v) is 8.15. The molecule has 8 heteroatoms. The summed E-state index contributed by atoms with van der Waals surface area (Å²) in [5.41, 5.74) is 0.904. The number of rotatable bonds is 3. The molecule has 1 amide bonds. The predicted molar refractivity (Wildman–Crippen MR) is 87.6 cm³/mol. The summed E-state index contributed by atoms with van der Waals surface area (Å²) in [7, 11) is 0. The lowest BCUT2D eigenvalue weighted by atomic mass is 10.2. The summed E-state index contributed by atoms with van der Waals surface area (Å²) in [6.45, 7) is 2.82. The SMILES string of the molecule is CC1CCN(C(=O)Cn2cnc([N+](=O)[O-])c2)c2ccccc2S1. The van der Waals surface area contributed by atoms with Gasteiger partial charge in [0.2, 0.25) is 12.2 Å². The van der Waals surface area contributed by atoms with Crippen LogP contribution < -0.4 is 4.90 Å². The molecule has 3 rings (SSSR count). The van der Waals surface area contributed by atoms with Gasteiger partial charge < -0.3 is 19.6 Å². The number of para-hydroxylation sites is 1. The Balaban J connectivity index is 1.82. The zero-order valence-electron chi connectivity index (χ0n) is 12.6. The van der Waals surface area contributed by atoms with E-state index in [1.54, 1.807) is 16.7 Å². The fraction of sp³-hybridized carbons (Fsp3) is 0.333. The van der Waals surface area contributed by atoms with Crippen molar-refractivity contribution in [2.24, 2.45) is 0 Å². The van der Waals surface area contributed by atoms with E-state index < -0.39 is 4.92 Å². The highest BCUT2D eigenvalue weighted by atomic mass is 32.2. The molecule has 0 radical (unpaired) electrons. The smallest absolute Gasteiger partial charge is 0.358 e. The van der Waals surface area contributed by atoms with Gasteiger partial charge in [0, 0.05) is 16.7 Å². The number of hydrogen-bond donors (Lipinski definition) is 0. The third-order valence-electron chi connectivity index (χ3n) is 3.67. The zero-order valence-corrected chi connectivity index (χ0v) is 13.4. The molecule has 2 heterocycles. The fourth-order valence-corrected chi connectivity index (χ4v) is 3.63. The van der Waals surface area contributed by atoms with E-state index in [9.17, 15) is 14.9 Å². The Morgan fingerprint density at radius 3 is 3.00 bits per heavy atom. The number of fused-ring (bicyclic) bond motifs is 1. The number of carbonyl (C=O) groups is 1. The number of carbonyl (C=O) groups excluding carboxylic acids is 1. The average Bonchev–Trinajstić information content (AvgIpc) is 2.90. The van der Waals surface area contributed by atoms with Crippen molar-refractivity contribution in [2.45, 2.75) is 30.0 Å². The van der Waals surface area contributed by atoms with Gasteiger partial charge in [0.25, 0.3) is 0 Å². The van der Waals surface area contributed by atoms with Crippen molar-refractivity contribution < 1.29 is 9.72 Å². The molecule has 1 aromatic heterocycles. The highest BCUT2D eigenvalue weighted by Gasteiger charge is 2.24.